The highest BCUT2D eigenvalue weighted by Gasteiger charge is 2.24. The summed E-state index contributed by atoms with van der Waals surface area (Å²) in [4.78, 5) is 14.2. The lowest BCUT2D eigenvalue weighted by atomic mass is 10.1. The number of nitrogens with one attached hydrogen (secondary N) is 2. The van der Waals surface area contributed by atoms with E-state index in [9.17, 15) is 4.79 Å². The molecule has 0 bridgehead atoms. The first kappa shape index (κ1) is 15.4. The fraction of sp³-hybridized carbons (Fsp3) is 0.929. The lowest BCUT2D eigenvalue weighted by molar-refractivity contribution is -0.123. The lowest BCUT2D eigenvalue weighted by Gasteiger charge is -2.37. The molecule has 1 aliphatic rings. The van der Waals surface area contributed by atoms with E-state index in [4.69, 9.17) is 0 Å². The molecule has 1 unspecified atom stereocenters. The number of amides is 1. The second-order valence-corrected chi connectivity index (χ2v) is 5.34. The highest BCUT2D eigenvalue weighted by atomic mass is 16.2. The molecule has 1 amide bonds. The van der Waals surface area contributed by atoms with Gasteiger partial charge in [0.05, 0.1) is 6.54 Å². The first-order valence-corrected chi connectivity index (χ1v) is 7.41. The standard InChI is InChI=1S/C14H29N3O/c1-4-6-7-8-12(3)16-14(18)11-17(5-2)13-9-15-10-13/h12-13,15H,4-11H2,1-3H3,(H,16,18). The Morgan fingerprint density at radius 3 is 2.61 bits per heavy atom. The molecule has 0 aromatic heterocycles. The number of carbonyl (C=O) groups is 1. The Hall–Kier alpha value is -0.610. The van der Waals surface area contributed by atoms with Crippen molar-refractivity contribution < 1.29 is 4.79 Å². The Balaban J connectivity index is 2.18. The molecule has 106 valence electrons. The van der Waals surface area contributed by atoms with Crippen LogP contribution in [0.1, 0.15) is 46.5 Å². The van der Waals surface area contributed by atoms with Gasteiger partial charge in [-0.1, -0.05) is 33.1 Å². The maximum Gasteiger partial charge on any atom is 0.234 e. The van der Waals surface area contributed by atoms with Gasteiger partial charge in [0.15, 0.2) is 0 Å². The summed E-state index contributed by atoms with van der Waals surface area (Å²) in [5.74, 6) is 0.174. The molecule has 1 atom stereocenters. The Bertz CT molecular complexity index is 241. The summed E-state index contributed by atoms with van der Waals surface area (Å²) in [5, 5.41) is 6.36. The molecule has 2 N–H and O–H groups in total. The fourth-order valence-corrected chi connectivity index (χ4v) is 2.31. The van der Waals surface area contributed by atoms with E-state index in [1.54, 1.807) is 0 Å². The zero-order chi connectivity index (χ0) is 13.4. The average Bonchev–Trinajstić information content (AvgIpc) is 2.25. The van der Waals surface area contributed by atoms with E-state index in [1.807, 2.05) is 0 Å². The number of nitrogens with zero attached hydrogens (tertiary/aromatic N) is 1. The first-order chi connectivity index (χ1) is 8.67. The highest BCUT2D eigenvalue weighted by molar-refractivity contribution is 5.78. The summed E-state index contributed by atoms with van der Waals surface area (Å²) >= 11 is 0. The Morgan fingerprint density at radius 1 is 1.39 bits per heavy atom. The highest BCUT2D eigenvalue weighted by Crippen LogP contribution is 2.05. The molecule has 0 aromatic carbocycles. The van der Waals surface area contributed by atoms with Crippen LogP contribution < -0.4 is 10.6 Å². The van der Waals surface area contributed by atoms with Gasteiger partial charge in [-0.05, 0) is 19.9 Å². The smallest absolute Gasteiger partial charge is 0.234 e. The summed E-state index contributed by atoms with van der Waals surface area (Å²) in [6, 6.07) is 0.860. The van der Waals surface area contributed by atoms with Gasteiger partial charge in [0.25, 0.3) is 0 Å². The first-order valence-electron chi connectivity index (χ1n) is 7.41. The molecule has 0 saturated carbocycles. The molecule has 4 heteroatoms. The molecular formula is C14H29N3O. The number of hydrogen-bond acceptors (Lipinski definition) is 3. The molecule has 0 aliphatic carbocycles. The van der Waals surface area contributed by atoms with Crippen molar-refractivity contribution in [1.82, 2.24) is 15.5 Å². The summed E-state index contributed by atoms with van der Waals surface area (Å²) < 4.78 is 0. The number of rotatable bonds is 9. The van der Waals surface area contributed by atoms with Crippen LogP contribution in [0.15, 0.2) is 0 Å². The minimum Gasteiger partial charge on any atom is -0.353 e. The van der Waals surface area contributed by atoms with Crippen molar-refractivity contribution in [2.75, 3.05) is 26.2 Å². The third kappa shape index (κ3) is 5.36. The van der Waals surface area contributed by atoms with Crippen LogP contribution >= 0.6 is 0 Å². The van der Waals surface area contributed by atoms with E-state index < -0.39 is 0 Å². The largest absolute Gasteiger partial charge is 0.353 e. The third-order valence-electron chi connectivity index (χ3n) is 3.68. The second kappa shape index (κ2) is 8.48. The summed E-state index contributed by atoms with van der Waals surface area (Å²) in [6.07, 6.45) is 4.80. The molecule has 0 radical (unpaired) electrons. The third-order valence-corrected chi connectivity index (χ3v) is 3.68. The Kier molecular flexibility index (Phi) is 7.28. The lowest BCUT2D eigenvalue weighted by Crippen LogP contribution is -2.59. The van der Waals surface area contributed by atoms with Gasteiger partial charge in [0.1, 0.15) is 0 Å². The number of unbranched alkanes of at least 4 members (excludes halogenated alkanes) is 2. The Labute approximate surface area is 111 Å². The van der Waals surface area contributed by atoms with Crippen LogP contribution in [-0.4, -0.2) is 49.1 Å². The van der Waals surface area contributed by atoms with Crippen molar-refractivity contribution in [3.05, 3.63) is 0 Å². The normalized spacial score (nSPS) is 17.6. The van der Waals surface area contributed by atoms with Crippen molar-refractivity contribution in [2.24, 2.45) is 0 Å². The molecule has 1 heterocycles. The van der Waals surface area contributed by atoms with Crippen molar-refractivity contribution in [2.45, 2.75) is 58.5 Å². The topological polar surface area (TPSA) is 44.4 Å². The zero-order valence-electron chi connectivity index (χ0n) is 12.2. The van der Waals surface area contributed by atoms with Gasteiger partial charge in [-0.3, -0.25) is 9.69 Å². The summed E-state index contributed by atoms with van der Waals surface area (Å²) in [6.45, 7) is 9.96. The molecule has 1 fully saturated rings. The zero-order valence-corrected chi connectivity index (χ0v) is 12.2. The molecule has 1 saturated heterocycles. The van der Waals surface area contributed by atoms with Crippen LogP contribution in [0.3, 0.4) is 0 Å². The van der Waals surface area contributed by atoms with Crippen LogP contribution in [0.2, 0.25) is 0 Å². The van der Waals surface area contributed by atoms with Crippen LogP contribution in [0.25, 0.3) is 0 Å². The maximum absolute atomic E-state index is 11.9. The number of likely N-dealkylation sites (N-methyl/N-ethyl adjacent to an activating group) is 1. The monoisotopic (exact) mass is 255 g/mol. The molecule has 0 aromatic rings. The van der Waals surface area contributed by atoms with Gasteiger partial charge >= 0.3 is 0 Å². The van der Waals surface area contributed by atoms with Crippen LogP contribution in [0.4, 0.5) is 0 Å². The predicted molar refractivity (Wildman–Crippen MR) is 75.7 cm³/mol. The summed E-state index contributed by atoms with van der Waals surface area (Å²) in [7, 11) is 0. The van der Waals surface area contributed by atoms with Gasteiger partial charge in [0, 0.05) is 25.2 Å². The van der Waals surface area contributed by atoms with Crippen LogP contribution in [0, 0.1) is 0 Å². The molecule has 18 heavy (non-hydrogen) atoms. The van der Waals surface area contributed by atoms with Crippen molar-refractivity contribution >= 4 is 5.91 Å². The van der Waals surface area contributed by atoms with Gasteiger partial charge in [-0.15, -0.1) is 0 Å². The van der Waals surface area contributed by atoms with E-state index in [2.05, 4.69) is 36.3 Å². The van der Waals surface area contributed by atoms with E-state index >= 15 is 0 Å². The van der Waals surface area contributed by atoms with Gasteiger partial charge in [-0.25, -0.2) is 0 Å². The average molecular weight is 255 g/mol. The maximum atomic E-state index is 11.9. The van der Waals surface area contributed by atoms with Crippen molar-refractivity contribution in [3.63, 3.8) is 0 Å². The Morgan fingerprint density at radius 2 is 2.11 bits per heavy atom. The number of carbonyl (C=O) groups excluding carboxylic acids is 1. The van der Waals surface area contributed by atoms with Crippen molar-refractivity contribution in [1.29, 1.82) is 0 Å². The van der Waals surface area contributed by atoms with Gasteiger partial charge in [0.2, 0.25) is 5.91 Å². The SMILES string of the molecule is CCCCCC(C)NC(=O)CN(CC)C1CNC1. The van der Waals surface area contributed by atoms with E-state index in [0.717, 1.165) is 26.1 Å². The molecular weight excluding hydrogens is 226 g/mol. The van der Waals surface area contributed by atoms with Crippen molar-refractivity contribution in [3.8, 4) is 0 Å². The van der Waals surface area contributed by atoms with Crippen LogP contribution in [0.5, 0.6) is 0 Å². The summed E-state index contributed by atoms with van der Waals surface area (Å²) in [5.41, 5.74) is 0. The molecule has 0 spiro atoms. The van der Waals surface area contributed by atoms with E-state index in [1.165, 1.54) is 19.3 Å². The minimum atomic E-state index is 0.174. The fourth-order valence-electron chi connectivity index (χ4n) is 2.31. The van der Waals surface area contributed by atoms with E-state index in [0.29, 0.717) is 18.6 Å². The number of hydrogen-bond donors (Lipinski definition) is 2. The quantitative estimate of drug-likeness (QED) is 0.612. The molecule has 1 rings (SSSR count). The van der Waals surface area contributed by atoms with Gasteiger partial charge < -0.3 is 10.6 Å². The van der Waals surface area contributed by atoms with E-state index in [-0.39, 0.29) is 5.91 Å². The second-order valence-electron chi connectivity index (χ2n) is 5.34. The molecule has 1 aliphatic heterocycles. The molecule has 4 nitrogen and oxygen atoms in total. The minimum absolute atomic E-state index is 0.174. The van der Waals surface area contributed by atoms with Gasteiger partial charge in [-0.2, -0.15) is 0 Å². The predicted octanol–water partition coefficient (Wildman–Crippen LogP) is 1.37. The van der Waals surface area contributed by atoms with Crippen LogP contribution in [-0.2, 0) is 4.79 Å².